The number of morpholine rings is 1. The Kier molecular flexibility index (Phi) is 5.48. The van der Waals surface area contributed by atoms with Crippen LogP contribution in [0.1, 0.15) is 11.4 Å². The van der Waals surface area contributed by atoms with E-state index in [0.717, 1.165) is 48.2 Å². The Balaban J connectivity index is 1.42. The Morgan fingerprint density at radius 2 is 1.71 bits per heavy atom. The maximum atomic E-state index is 5.55. The largest absolute Gasteiger partial charge is 0.378 e. The minimum atomic E-state index is 0.583. The number of benzene rings is 2. The molecule has 1 aliphatic rings. The van der Waals surface area contributed by atoms with Crippen molar-refractivity contribution in [1.82, 2.24) is 29.5 Å². The van der Waals surface area contributed by atoms with Crippen LogP contribution in [-0.2, 0) is 17.6 Å². The van der Waals surface area contributed by atoms with Gasteiger partial charge in [0.1, 0.15) is 5.82 Å². The van der Waals surface area contributed by atoms with E-state index in [2.05, 4.69) is 57.3 Å². The van der Waals surface area contributed by atoms with Crippen LogP contribution in [-0.4, -0.2) is 55.8 Å². The molecule has 5 aromatic rings. The van der Waals surface area contributed by atoms with E-state index in [1.807, 2.05) is 35.3 Å². The first-order chi connectivity index (χ1) is 16.8. The molecule has 8 heteroatoms. The molecule has 1 N–H and O–H groups in total. The third kappa shape index (κ3) is 4.04. The maximum Gasteiger partial charge on any atom is 0.240 e. The second-order valence-electron chi connectivity index (χ2n) is 8.30. The molecule has 6 rings (SSSR count). The number of anilines is 1. The molecule has 0 spiro atoms. The van der Waals surface area contributed by atoms with Crippen molar-refractivity contribution in [3.63, 3.8) is 0 Å². The van der Waals surface area contributed by atoms with E-state index in [1.165, 1.54) is 5.56 Å². The van der Waals surface area contributed by atoms with Crippen LogP contribution in [0.4, 0.5) is 5.95 Å². The van der Waals surface area contributed by atoms with E-state index < -0.39 is 0 Å². The minimum absolute atomic E-state index is 0.583. The highest BCUT2D eigenvalue weighted by Crippen LogP contribution is 2.27. The molecule has 0 bridgehead atoms. The normalized spacial score (nSPS) is 14.1. The SMILES string of the molecule is c1ccc(CCc2nccn2-c2nc(-c3cccc4[nH]ccc34)nc(N3CCOCC3)n2)cc1. The van der Waals surface area contributed by atoms with Crippen LogP contribution in [0.5, 0.6) is 0 Å². The molecule has 1 saturated heterocycles. The van der Waals surface area contributed by atoms with Gasteiger partial charge in [-0.1, -0.05) is 42.5 Å². The Morgan fingerprint density at radius 1 is 0.853 bits per heavy atom. The second kappa shape index (κ2) is 9.07. The topological polar surface area (TPSA) is 84.8 Å². The Hall–Kier alpha value is -4.04. The van der Waals surface area contributed by atoms with Gasteiger partial charge in [0.05, 0.1) is 13.2 Å². The molecule has 34 heavy (non-hydrogen) atoms. The molecule has 4 heterocycles. The van der Waals surface area contributed by atoms with E-state index in [9.17, 15) is 0 Å². The zero-order valence-electron chi connectivity index (χ0n) is 18.8. The van der Waals surface area contributed by atoms with Gasteiger partial charge in [-0.3, -0.25) is 4.57 Å². The number of fused-ring (bicyclic) bond motifs is 1. The van der Waals surface area contributed by atoms with Crippen molar-refractivity contribution in [2.24, 2.45) is 0 Å². The first kappa shape index (κ1) is 20.6. The summed E-state index contributed by atoms with van der Waals surface area (Å²) < 4.78 is 7.53. The lowest BCUT2D eigenvalue weighted by Gasteiger charge is -2.27. The fourth-order valence-electron chi connectivity index (χ4n) is 4.37. The molecule has 2 aromatic carbocycles. The van der Waals surface area contributed by atoms with Gasteiger partial charge in [-0.25, -0.2) is 4.98 Å². The average Bonchev–Trinajstić information content (AvgIpc) is 3.58. The van der Waals surface area contributed by atoms with Gasteiger partial charge < -0.3 is 14.6 Å². The van der Waals surface area contributed by atoms with Crippen molar-refractivity contribution in [1.29, 1.82) is 0 Å². The van der Waals surface area contributed by atoms with E-state index >= 15 is 0 Å². The fraction of sp³-hybridized carbons (Fsp3) is 0.231. The molecule has 8 nitrogen and oxygen atoms in total. The Bertz CT molecular complexity index is 1400. The van der Waals surface area contributed by atoms with Crippen molar-refractivity contribution in [3.8, 4) is 17.3 Å². The average molecular weight is 452 g/mol. The lowest BCUT2D eigenvalue weighted by atomic mass is 10.1. The van der Waals surface area contributed by atoms with Gasteiger partial charge in [0, 0.05) is 54.6 Å². The third-order valence-electron chi connectivity index (χ3n) is 6.15. The number of hydrogen-bond donors (Lipinski definition) is 1. The number of ether oxygens (including phenoxy) is 1. The van der Waals surface area contributed by atoms with Gasteiger partial charge in [-0.05, 0) is 24.1 Å². The molecule has 0 unspecified atom stereocenters. The number of imidazole rings is 1. The van der Waals surface area contributed by atoms with Crippen molar-refractivity contribution in [2.45, 2.75) is 12.8 Å². The number of aromatic nitrogens is 6. The summed E-state index contributed by atoms with van der Waals surface area (Å²) in [6.07, 6.45) is 7.37. The summed E-state index contributed by atoms with van der Waals surface area (Å²) in [6.45, 7) is 2.83. The number of nitrogens with one attached hydrogen (secondary N) is 1. The van der Waals surface area contributed by atoms with E-state index in [1.54, 1.807) is 0 Å². The van der Waals surface area contributed by atoms with Crippen LogP contribution in [0.2, 0.25) is 0 Å². The zero-order chi connectivity index (χ0) is 22.7. The molecule has 0 aliphatic carbocycles. The van der Waals surface area contributed by atoms with Crippen LogP contribution >= 0.6 is 0 Å². The number of H-pyrrole nitrogens is 1. The summed E-state index contributed by atoms with van der Waals surface area (Å²) in [5, 5.41) is 1.09. The van der Waals surface area contributed by atoms with Crippen molar-refractivity contribution < 1.29 is 4.74 Å². The number of rotatable bonds is 6. The molecule has 170 valence electrons. The van der Waals surface area contributed by atoms with E-state index in [-0.39, 0.29) is 0 Å². The highest BCUT2D eigenvalue weighted by Gasteiger charge is 2.20. The highest BCUT2D eigenvalue weighted by molar-refractivity contribution is 5.93. The molecular formula is C26H25N7O. The monoisotopic (exact) mass is 451 g/mol. The quantitative estimate of drug-likeness (QED) is 0.422. The maximum absolute atomic E-state index is 5.55. The van der Waals surface area contributed by atoms with Gasteiger partial charge in [-0.2, -0.15) is 15.0 Å². The summed E-state index contributed by atoms with van der Waals surface area (Å²) in [5.74, 6) is 2.83. The molecular weight excluding hydrogens is 426 g/mol. The predicted molar refractivity (Wildman–Crippen MR) is 131 cm³/mol. The Morgan fingerprint density at radius 3 is 2.59 bits per heavy atom. The smallest absolute Gasteiger partial charge is 0.240 e. The first-order valence-electron chi connectivity index (χ1n) is 11.6. The van der Waals surface area contributed by atoms with Gasteiger partial charge in [-0.15, -0.1) is 0 Å². The molecule has 0 amide bonds. The van der Waals surface area contributed by atoms with Gasteiger partial charge in [0.2, 0.25) is 11.9 Å². The lowest BCUT2D eigenvalue weighted by Crippen LogP contribution is -2.37. The van der Waals surface area contributed by atoms with E-state index in [0.29, 0.717) is 30.9 Å². The van der Waals surface area contributed by atoms with Crippen LogP contribution in [0.3, 0.4) is 0 Å². The standard InChI is InChI=1S/C26H25N7O/c1-2-5-19(6-3-1)9-10-23-28-13-14-33(23)26-30-24(21-7-4-8-22-20(21)11-12-27-22)29-25(31-26)32-15-17-34-18-16-32/h1-8,11-14,27H,9-10,15-18H2. The molecule has 0 radical (unpaired) electrons. The summed E-state index contributed by atoms with van der Waals surface area (Å²) in [6, 6.07) is 18.6. The summed E-state index contributed by atoms with van der Waals surface area (Å²) in [7, 11) is 0. The molecule has 1 fully saturated rings. The van der Waals surface area contributed by atoms with Crippen molar-refractivity contribution >= 4 is 16.9 Å². The minimum Gasteiger partial charge on any atom is -0.378 e. The zero-order valence-corrected chi connectivity index (χ0v) is 18.8. The van der Waals surface area contributed by atoms with Gasteiger partial charge in [0.25, 0.3) is 0 Å². The van der Waals surface area contributed by atoms with Crippen LogP contribution in [0, 0.1) is 0 Å². The number of nitrogens with zero attached hydrogens (tertiary/aromatic N) is 6. The summed E-state index contributed by atoms with van der Waals surface area (Å²) in [4.78, 5) is 24.7. The summed E-state index contributed by atoms with van der Waals surface area (Å²) >= 11 is 0. The second-order valence-corrected chi connectivity index (χ2v) is 8.30. The molecule has 3 aromatic heterocycles. The first-order valence-corrected chi connectivity index (χ1v) is 11.6. The van der Waals surface area contributed by atoms with Crippen LogP contribution < -0.4 is 4.90 Å². The van der Waals surface area contributed by atoms with Crippen molar-refractivity contribution in [2.75, 3.05) is 31.2 Å². The molecule has 1 aliphatic heterocycles. The predicted octanol–water partition coefficient (Wildman–Crippen LogP) is 3.83. The summed E-state index contributed by atoms with van der Waals surface area (Å²) in [5.41, 5.74) is 3.31. The molecule has 0 saturated carbocycles. The van der Waals surface area contributed by atoms with E-state index in [4.69, 9.17) is 19.7 Å². The number of aryl methyl sites for hydroxylation is 2. The fourth-order valence-corrected chi connectivity index (χ4v) is 4.37. The van der Waals surface area contributed by atoms with Gasteiger partial charge >= 0.3 is 0 Å². The molecule has 0 atom stereocenters. The number of aromatic amines is 1. The van der Waals surface area contributed by atoms with Crippen LogP contribution in [0.25, 0.3) is 28.2 Å². The van der Waals surface area contributed by atoms with Gasteiger partial charge in [0.15, 0.2) is 5.82 Å². The third-order valence-corrected chi connectivity index (χ3v) is 6.15. The lowest BCUT2D eigenvalue weighted by molar-refractivity contribution is 0.122. The number of hydrogen-bond acceptors (Lipinski definition) is 6. The van der Waals surface area contributed by atoms with Crippen molar-refractivity contribution in [3.05, 3.63) is 84.6 Å². The highest BCUT2D eigenvalue weighted by atomic mass is 16.5. The van der Waals surface area contributed by atoms with Crippen LogP contribution in [0.15, 0.2) is 73.2 Å². The Labute approximate surface area is 197 Å².